The van der Waals surface area contributed by atoms with Gasteiger partial charge in [0, 0.05) is 4.87 Å². The number of aliphatic hydroxyl groups excluding tert-OH is 1. The number of alkyl halides is 1. The summed E-state index contributed by atoms with van der Waals surface area (Å²) in [5.41, 5.74) is 0. The largest absolute Gasteiger partial charge is 0.436 e. The van der Waals surface area contributed by atoms with E-state index in [9.17, 15) is 4.79 Å². The maximum Gasteiger partial charge on any atom is 0.308 e. The van der Waals surface area contributed by atoms with E-state index in [1.807, 2.05) is 0 Å². The molecule has 0 bridgehead atoms. The van der Waals surface area contributed by atoms with E-state index in [-0.39, 0.29) is 18.3 Å². The van der Waals surface area contributed by atoms with E-state index in [4.69, 9.17) is 16.7 Å². The fraction of sp³-hybridized carbons (Fsp3) is 0.857. The molecule has 1 heterocycles. The van der Waals surface area contributed by atoms with Crippen molar-refractivity contribution in [1.29, 1.82) is 0 Å². The topological polar surface area (TPSA) is 46.5 Å². The van der Waals surface area contributed by atoms with E-state index < -0.39 is 11.2 Å². The molecule has 0 radical (unpaired) electrons. The van der Waals surface area contributed by atoms with Crippen LogP contribution in [-0.2, 0) is 9.53 Å². The molecule has 11 heavy (non-hydrogen) atoms. The van der Waals surface area contributed by atoms with Crippen LogP contribution in [0.3, 0.4) is 0 Å². The van der Waals surface area contributed by atoms with Crippen LogP contribution in [-0.4, -0.2) is 22.2 Å². The zero-order valence-corrected chi connectivity index (χ0v) is 7.26. The van der Waals surface area contributed by atoms with Gasteiger partial charge in [-0.1, -0.05) is 0 Å². The van der Waals surface area contributed by atoms with Crippen LogP contribution in [0.15, 0.2) is 0 Å². The summed E-state index contributed by atoms with van der Waals surface area (Å²) in [4.78, 5) is 10.1. The Hall–Kier alpha value is -0.280. The van der Waals surface area contributed by atoms with E-state index in [0.717, 1.165) is 0 Å². The molecule has 0 aliphatic carbocycles. The highest BCUT2D eigenvalue weighted by atomic mass is 35.5. The van der Waals surface area contributed by atoms with Crippen molar-refractivity contribution < 1.29 is 14.6 Å². The fourth-order valence-corrected chi connectivity index (χ4v) is 1.31. The van der Waals surface area contributed by atoms with Crippen molar-refractivity contribution in [1.82, 2.24) is 0 Å². The molecule has 3 nitrogen and oxygen atoms in total. The Labute approximate surface area is 70.3 Å². The average molecular weight is 179 g/mol. The summed E-state index contributed by atoms with van der Waals surface area (Å²) < 4.78 is 4.53. The second kappa shape index (κ2) is 2.64. The maximum absolute atomic E-state index is 10.7. The van der Waals surface area contributed by atoms with Gasteiger partial charge in [-0.25, -0.2) is 0 Å². The van der Waals surface area contributed by atoms with Crippen molar-refractivity contribution in [3.8, 4) is 0 Å². The number of rotatable bonds is 1. The van der Waals surface area contributed by atoms with Gasteiger partial charge in [0.25, 0.3) is 0 Å². The molecular weight excluding hydrogens is 168 g/mol. The van der Waals surface area contributed by atoms with E-state index in [0.29, 0.717) is 0 Å². The van der Waals surface area contributed by atoms with Crippen molar-refractivity contribution in [2.75, 3.05) is 0 Å². The first kappa shape index (κ1) is 8.81. The van der Waals surface area contributed by atoms with Crippen LogP contribution < -0.4 is 0 Å². The van der Waals surface area contributed by atoms with Crippen LogP contribution in [0.5, 0.6) is 0 Å². The Balaban J connectivity index is 2.67. The first-order chi connectivity index (χ1) is 4.91. The third-order valence-corrected chi connectivity index (χ3v) is 2.15. The molecule has 2 atom stereocenters. The van der Waals surface area contributed by atoms with Gasteiger partial charge in [-0.2, -0.15) is 0 Å². The summed E-state index contributed by atoms with van der Waals surface area (Å²) >= 11 is 5.91. The molecule has 1 rings (SSSR count). The summed E-state index contributed by atoms with van der Waals surface area (Å²) in [6.45, 7) is 3.51. The van der Waals surface area contributed by atoms with Gasteiger partial charge in [0.2, 0.25) is 6.29 Å². The van der Waals surface area contributed by atoms with E-state index >= 15 is 0 Å². The molecule has 0 amide bonds. The molecule has 1 fully saturated rings. The fourth-order valence-electron chi connectivity index (χ4n) is 1.13. The highest BCUT2D eigenvalue weighted by Crippen LogP contribution is 2.34. The minimum atomic E-state index is -1.03. The van der Waals surface area contributed by atoms with Crippen molar-refractivity contribution >= 4 is 17.6 Å². The lowest BCUT2D eigenvalue weighted by Crippen LogP contribution is -2.31. The Kier molecular flexibility index (Phi) is 2.12. The summed E-state index contributed by atoms with van der Waals surface area (Å²) in [6, 6.07) is 0. The van der Waals surface area contributed by atoms with E-state index in [1.54, 1.807) is 13.8 Å². The van der Waals surface area contributed by atoms with Crippen molar-refractivity contribution in [2.24, 2.45) is 5.92 Å². The monoisotopic (exact) mass is 178 g/mol. The SMILES string of the molecule is CC(C)(Cl)[C@H]1CC(=O)O[C@@H]1O. The maximum atomic E-state index is 10.7. The number of hydrogen-bond acceptors (Lipinski definition) is 3. The number of aliphatic hydroxyl groups is 1. The summed E-state index contributed by atoms with van der Waals surface area (Å²) in [5.74, 6) is -0.673. The second-order valence-corrected chi connectivity index (χ2v) is 4.23. The van der Waals surface area contributed by atoms with Crippen molar-refractivity contribution in [3.63, 3.8) is 0 Å². The first-order valence-corrected chi connectivity index (χ1v) is 3.85. The number of halogens is 1. The second-order valence-electron chi connectivity index (χ2n) is 3.26. The number of cyclic esters (lactones) is 1. The molecule has 1 N–H and O–H groups in total. The standard InChI is InChI=1S/C7H11ClO3/c1-7(2,8)4-3-5(9)11-6(4)10/h4,6,10H,3H2,1-2H3/t4-,6-/m0/s1. The highest BCUT2D eigenvalue weighted by molar-refractivity contribution is 6.23. The molecule has 0 aromatic carbocycles. The van der Waals surface area contributed by atoms with Gasteiger partial charge >= 0.3 is 5.97 Å². The lowest BCUT2D eigenvalue weighted by Gasteiger charge is -2.23. The summed E-state index contributed by atoms with van der Waals surface area (Å²) in [7, 11) is 0. The van der Waals surface area contributed by atoms with Gasteiger partial charge < -0.3 is 9.84 Å². The van der Waals surface area contributed by atoms with Gasteiger partial charge in [0.05, 0.1) is 12.3 Å². The van der Waals surface area contributed by atoms with Crippen LogP contribution in [0.1, 0.15) is 20.3 Å². The third kappa shape index (κ3) is 1.84. The van der Waals surface area contributed by atoms with Crippen LogP contribution in [0.25, 0.3) is 0 Å². The predicted molar refractivity (Wildman–Crippen MR) is 40.1 cm³/mol. The normalized spacial score (nSPS) is 32.2. The average Bonchev–Trinajstić information content (AvgIpc) is 2.08. The number of hydrogen-bond donors (Lipinski definition) is 1. The molecule has 0 spiro atoms. The molecule has 1 aliphatic heterocycles. The van der Waals surface area contributed by atoms with Gasteiger partial charge in [0.15, 0.2) is 0 Å². The minimum absolute atomic E-state index is 0.206. The van der Waals surface area contributed by atoms with Crippen LogP contribution in [0.4, 0.5) is 0 Å². The van der Waals surface area contributed by atoms with Crippen molar-refractivity contribution in [2.45, 2.75) is 31.4 Å². The molecule has 1 saturated heterocycles. The van der Waals surface area contributed by atoms with E-state index in [2.05, 4.69) is 4.74 Å². The summed E-state index contributed by atoms with van der Waals surface area (Å²) in [5, 5.41) is 9.17. The smallest absolute Gasteiger partial charge is 0.308 e. The molecule has 0 aromatic heterocycles. The lowest BCUT2D eigenvalue weighted by atomic mass is 9.93. The molecular formula is C7H11ClO3. The number of esters is 1. The highest BCUT2D eigenvalue weighted by Gasteiger charge is 2.42. The first-order valence-electron chi connectivity index (χ1n) is 3.47. The molecule has 64 valence electrons. The molecule has 0 aromatic rings. The predicted octanol–water partition coefficient (Wildman–Crippen LogP) is 0.885. The van der Waals surface area contributed by atoms with Crippen LogP contribution in [0.2, 0.25) is 0 Å². The van der Waals surface area contributed by atoms with Crippen molar-refractivity contribution in [3.05, 3.63) is 0 Å². The van der Waals surface area contributed by atoms with E-state index in [1.165, 1.54) is 0 Å². The zero-order valence-electron chi connectivity index (χ0n) is 6.50. The number of ether oxygens (including phenoxy) is 1. The van der Waals surface area contributed by atoms with Crippen LogP contribution in [0, 0.1) is 5.92 Å². The minimum Gasteiger partial charge on any atom is -0.436 e. The van der Waals surface area contributed by atoms with Gasteiger partial charge in [-0.15, -0.1) is 11.6 Å². The van der Waals surface area contributed by atoms with Gasteiger partial charge in [0.1, 0.15) is 0 Å². The number of carbonyl (C=O) groups is 1. The molecule has 0 unspecified atom stereocenters. The Bertz CT molecular complexity index is 173. The lowest BCUT2D eigenvalue weighted by molar-refractivity contribution is -0.156. The summed E-state index contributed by atoms with van der Waals surface area (Å²) in [6.07, 6.45) is -0.826. The Morgan fingerprint density at radius 3 is 2.45 bits per heavy atom. The third-order valence-electron chi connectivity index (χ3n) is 1.86. The molecule has 0 saturated carbocycles. The quantitative estimate of drug-likeness (QED) is 0.479. The number of carbonyl (C=O) groups excluding carboxylic acids is 1. The Morgan fingerprint density at radius 2 is 2.27 bits per heavy atom. The van der Waals surface area contributed by atoms with Gasteiger partial charge in [-0.3, -0.25) is 4.79 Å². The van der Waals surface area contributed by atoms with Crippen LogP contribution >= 0.6 is 11.6 Å². The van der Waals surface area contributed by atoms with Gasteiger partial charge in [-0.05, 0) is 13.8 Å². The molecule has 1 aliphatic rings. The zero-order chi connectivity index (χ0) is 8.65. The molecule has 4 heteroatoms. The Morgan fingerprint density at radius 1 is 1.73 bits per heavy atom.